The Kier molecular flexibility index (Phi) is 7.63. The van der Waals surface area contributed by atoms with Crippen LogP contribution in [-0.4, -0.2) is 12.6 Å². The standard InChI is InChI=1S/C45H28N4Si/c46-29-32-24-26-44-39(28-32)38-21-11-13-23-43(38)49(44)42-22-12-10-20-37(42)36-25-27-45(41(31-48)40(36)30-47)50(33-14-4-1-5-15-33,34-16-6-2-7-17-34)35-18-8-3-9-19-35/h1-28H. The maximum absolute atomic E-state index is 11.1. The van der Waals surface area contributed by atoms with Crippen LogP contribution in [0, 0.1) is 34.0 Å². The van der Waals surface area contributed by atoms with Crippen LogP contribution in [0.2, 0.25) is 0 Å². The largest absolute Gasteiger partial charge is 0.309 e. The van der Waals surface area contributed by atoms with Gasteiger partial charge in [-0.2, -0.15) is 15.8 Å². The van der Waals surface area contributed by atoms with E-state index in [0.29, 0.717) is 22.3 Å². The second-order valence-corrected chi connectivity index (χ2v) is 16.0. The predicted octanol–water partition coefficient (Wildman–Crippen LogP) is 7.44. The van der Waals surface area contributed by atoms with E-state index in [1.807, 2.05) is 72.8 Å². The molecule has 4 nitrogen and oxygen atoms in total. The Morgan fingerprint density at radius 3 is 1.56 bits per heavy atom. The summed E-state index contributed by atoms with van der Waals surface area (Å²) in [5.74, 6) is 0. The van der Waals surface area contributed by atoms with Gasteiger partial charge in [0.1, 0.15) is 12.1 Å². The minimum Gasteiger partial charge on any atom is -0.309 e. The number of nitrogens with zero attached hydrogens (tertiary/aromatic N) is 4. The van der Waals surface area contributed by atoms with Crippen LogP contribution in [0.5, 0.6) is 0 Å². The van der Waals surface area contributed by atoms with Gasteiger partial charge in [-0.1, -0.05) is 140 Å². The number of nitriles is 3. The zero-order chi connectivity index (χ0) is 34.1. The Hall–Kier alpha value is -6.97. The van der Waals surface area contributed by atoms with Crippen LogP contribution in [0.1, 0.15) is 16.7 Å². The fraction of sp³-hybridized carbons (Fsp3) is 0. The summed E-state index contributed by atoms with van der Waals surface area (Å²) in [6.45, 7) is 0. The number of fused-ring (bicyclic) bond motifs is 3. The summed E-state index contributed by atoms with van der Waals surface area (Å²) < 4.78 is 2.19. The van der Waals surface area contributed by atoms with Gasteiger partial charge in [0.15, 0.2) is 8.07 Å². The first-order valence-corrected chi connectivity index (χ1v) is 18.4. The van der Waals surface area contributed by atoms with Crippen LogP contribution in [-0.2, 0) is 0 Å². The van der Waals surface area contributed by atoms with E-state index in [2.05, 4.69) is 120 Å². The van der Waals surface area contributed by atoms with Crippen LogP contribution in [0.15, 0.2) is 170 Å². The second kappa shape index (κ2) is 12.6. The average Bonchev–Trinajstić information content (AvgIpc) is 3.52. The zero-order valence-electron chi connectivity index (χ0n) is 27.0. The van der Waals surface area contributed by atoms with E-state index in [4.69, 9.17) is 0 Å². The molecule has 8 aromatic rings. The molecule has 232 valence electrons. The van der Waals surface area contributed by atoms with Crippen molar-refractivity contribution >= 4 is 50.6 Å². The Morgan fingerprint density at radius 2 is 0.960 bits per heavy atom. The molecule has 1 heterocycles. The summed E-state index contributed by atoms with van der Waals surface area (Å²) in [6, 6.07) is 64.7. The molecule has 0 radical (unpaired) electrons. The highest BCUT2D eigenvalue weighted by atomic mass is 28.3. The van der Waals surface area contributed by atoms with Crippen molar-refractivity contribution in [2.45, 2.75) is 0 Å². The molecule has 0 aliphatic heterocycles. The van der Waals surface area contributed by atoms with Gasteiger partial charge in [0.2, 0.25) is 0 Å². The van der Waals surface area contributed by atoms with Crippen molar-refractivity contribution < 1.29 is 0 Å². The molecule has 0 aliphatic rings. The first-order chi connectivity index (χ1) is 24.7. The number of hydrogen-bond donors (Lipinski definition) is 0. The average molecular weight is 653 g/mol. The van der Waals surface area contributed by atoms with Crippen LogP contribution in [0.25, 0.3) is 38.6 Å². The normalized spacial score (nSPS) is 11.1. The first-order valence-electron chi connectivity index (χ1n) is 16.4. The van der Waals surface area contributed by atoms with Gasteiger partial charge in [-0.05, 0) is 51.1 Å². The van der Waals surface area contributed by atoms with Crippen molar-refractivity contribution in [3.63, 3.8) is 0 Å². The van der Waals surface area contributed by atoms with E-state index >= 15 is 0 Å². The lowest BCUT2D eigenvalue weighted by Gasteiger charge is -2.35. The highest BCUT2D eigenvalue weighted by molar-refractivity contribution is 7.20. The molecular formula is C45H28N4Si. The maximum atomic E-state index is 11.1. The van der Waals surface area contributed by atoms with Crippen LogP contribution >= 0.6 is 0 Å². The number of aromatic nitrogens is 1. The molecule has 0 bridgehead atoms. The van der Waals surface area contributed by atoms with Crippen molar-refractivity contribution in [3.8, 4) is 35.0 Å². The predicted molar refractivity (Wildman–Crippen MR) is 204 cm³/mol. The summed E-state index contributed by atoms with van der Waals surface area (Å²) in [6.07, 6.45) is 0. The molecule has 0 spiro atoms. The molecule has 0 aliphatic carbocycles. The van der Waals surface area contributed by atoms with Crippen LogP contribution < -0.4 is 20.7 Å². The van der Waals surface area contributed by atoms with Crippen LogP contribution in [0.4, 0.5) is 0 Å². The molecular weight excluding hydrogens is 625 g/mol. The van der Waals surface area contributed by atoms with Crippen molar-refractivity contribution in [1.29, 1.82) is 15.8 Å². The van der Waals surface area contributed by atoms with E-state index in [9.17, 15) is 15.8 Å². The molecule has 7 aromatic carbocycles. The third-order valence-corrected chi connectivity index (χ3v) is 14.5. The van der Waals surface area contributed by atoms with E-state index in [-0.39, 0.29) is 0 Å². The Labute approximate surface area is 291 Å². The molecule has 0 atom stereocenters. The summed E-state index contributed by atoms with van der Waals surface area (Å²) in [5.41, 5.74) is 5.70. The summed E-state index contributed by atoms with van der Waals surface area (Å²) in [5, 5.41) is 38.0. The molecule has 1 aromatic heterocycles. The van der Waals surface area contributed by atoms with Gasteiger partial charge in [-0.15, -0.1) is 0 Å². The fourth-order valence-electron chi connectivity index (χ4n) is 7.60. The number of benzene rings is 7. The van der Waals surface area contributed by atoms with Gasteiger partial charge in [0.25, 0.3) is 0 Å². The minimum absolute atomic E-state index is 0.352. The third kappa shape index (κ3) is 4.64. The molecule has 0 amide bonds. The van der Waals surface area contributed by atoms with Crippen molar-refractivity contribution in [3.05, 3.63) is 187 Å². The van der Waals surface area contributed by atoms with E-state index in [0.717, 1.165) is 53.8 Å². The van der Waals surface area contributed by atoms with Gasteiger partial charge >= 0.3 is 0 Å². The third-order valence-electron chi connectivity index (χ3n) is 9.69. The number of rotatable bonds is 6. The fourth-order valence-corrected chi connectivity index (χ4v) is 12.5. The summed E-state index contributed by atoms with van der Waals surface area (Å²) in [7, 11) is -3.09. The lowest BCUT2D eigenvalue weighted by Crippen LogP contribution is -2.75. The topological polar surface area (TPSA) is 76.3 Å². The van der Waals surface area contributed by atoms with Crippen molar-refractivity contribution in [1.82, 2.24) is 4.57 Å². The van der Waals surface area contributed by atoms with Gasteiger partial charge in [-0.3, -0.25) is 0 Å². The first kappa shape index (κ1) is 30.4. The van der Waals surface area contributed by atoms with Crippen LogP contribution in [0.3, 0.4) is 0 Å². The van der Waals surface area contributed by atoms with Crippen molar-refractivity contribution in [2.24, 2.45) is 0 Å². The minimum atomic E-state index is -3.09. The second-order valence-electron chi connectivity index (χ2n) is 12.2. The smallest absolute Gasteiger partial charge is 0.181 e. The van der Waals surface area contributed by atoms with Gasteiger partial charge in [0, 0.05) is 21.9 Å². The number of para-hydroxylation sites is 2. The maximum Gasteiger partial charge on any atom is 0.181 e. The quantitative estimate of drug-likeness (QED) is 0.138. The molecule has 0 fully saturated rings. The number of hydrogen-bond acceptors (Lipinski definition) is 3. The SMILES string of the molecule is N#Cc1ccc2c(c1)c1ccccc1n2-c1ccccc1-c1ccc([Si](c2ccccc2)(c2ccccc2)c2ccccc2)c(C#N)c1C#N. The monoisotopic (exact) mass is 652 g/mol. The Balaban J connectivity index is 1.45. The van der Waals surface area contributed by atoms with Gasteiger partial charge in [-0.25, -0.2) is 0 Å². The zero-order valence-corrected chi connectivity index (χ0v) is 28.0. The molecule has 5 heteroatoms. The Morgan fingerprint density at radius 1 is 0.420 bits per heavy atom. The molecule has 0 unspecified atom stereocenters. The summed E-state index contributed by atoms with van der Waals surface area (Å²) in [4.78, 5) is 0. The highest BCUT2D eigenvalue weighted by Crippen LogP contribution is 2.38. The van der Waals surface area contributed by atoms with E-state index in [1.54, 1.807) is 0 Å². The van der Waals surface area contributed by atoms with Gasteiger partial charge < -0.3 is 4.57 Å². The summed E-state index contributed by atoms with van der Waals surface area (Å²) >= 11 is 0. The lowest BCUT2D eigenvalue weighted by atomic mass is 9.95. The molecule has 8 rings (SSSR count). The lowest BCUT2D eigenvalue weighted by molar-refractivity contribution is 1.18. The molecule has 0 N–H and O–H groups in total. The van der Waals surface area contributed by atoms with Gasteiger partial charge in [0.05, 0.1) is 39.5 Å². The highest BCUT2D eigenvalue weighted by Gasteiger charge is 2.43. The molecule has 0 saturated heterocycles. The van der Waals surface area contributed by atoms with E-state index in [1.165, 1.54) is 0 Å². The molecule has 0 saturated carbocycles. The van der Waals surface area contributed by atoms with Crippen molar-refractivity contribution in [2.75, 3.05) is 0 Å². The Bertz CT molecular complexity index is 2580. The van der Waals surface area contributed by atoms with E-state index < -0.39 is 8.07 Å². The molecule has 50 heavy (non-hydrogen) atoms.